The Kier molecular flexibility index (Phi) is 5.72. The van der Waals surface area contributed by atoms with Crippen LogP contribution in [-0.2, 0) is 9.47 Å². The van der Waals surface area contributed by atoms with Crippen LogP contribution in [0.5, 0.6) is 11.5 Å². The molecule has 0 N–H and O–H groups in total. The molecule has 0 aliphatic heterocycles. The molecule has 0 radical (unpaired) electrons. The zero-order chi connectivity index (χ0) is 18.1. The molecule has 0 bridgehead atoms. The summed E-state index contributed by atoms with van der Waals surface area (Å²) in [5, 5.41) is 0. The average molecular weight is 462 g/mol. The van der Waals surface area contributed by atoms with Crippen molar-refractivity contribution in [3.8, 4) is 11.5 Å². The number of rotatable bonds is 5. The Bertz CT molecular complexity index is 695. The number of alkyl halides is 1. The van der Waals surface area contributed by atoms with E-state index in [9.17, 15) is 0 Å². The molecule has 2 atom stereocenters. The third-order valence-corrected chi connectivity index (χ3v) is 6.17. The molecule has 0 saturated heterocycles. The van der Waals surface area contributed by atoms with Gasteiger partial charge < -0.3 is 18.9 Å². The molecular weight excluding hydrogens is 440 g/mol. The van der Waals surface area contributed by atoms with Gasteiger partial charge in [-0.05, 0) is 43.2 Å². The van der Waals surface area contributed by atoms with Gasteiger partial charge in [-0.2, -0.15) is 0 Å². The van der Waals surface area contributed by atoms with Crippen molar-refractivity contribution in [1.29, 1.82) is 0 Å². The average Bonchev–Trinajstić information content (AvgIpc) is 2.56. The van der Waals surface area contributed by atoms with Crippen LogP contribution < -0.4 is 9.47 Å². The summed E-state index contributed by atoms with van der Waals surface area (Å²) in [6.07, 6.45) is 4.10. The van der Waals surface area contributed by atoms with Crippen molar-refractivity contribution in [2.24, 2.45) is 0 Å². The maximum Gasteiger partial charge on any atom is 0.161 e. The van der Waals surface area contributed by atoms with Gasteiger partial charge in [0.15, 0.2) is 11.5 Å². The first kappa shape index (κ1) is 19.3. The van der Waals surface area contributed by atoms with Crippen molar-refractivity contribution in [2.45, 2.75) is 23.8 Å². The predicted octanol–water partition coefficient (Wildman–Crippen LogP) is 4.95. The molecule has 4 nitrogen and oxygen atoms in total. The number of ether oxygens (including phenoxy) is 4. The summed E-state index contributed by atoms with van der Waals surface area (Å²) in [7, 11) is 6.57. The Morgan fingerprint density at radius 3 is 2.00 bits per heavy atom. The fraction of sp³-hybridized carbons (Fsp3) is 0.444. The maximum absolute atomic E-state index is 5.75. The molecule has 1 aliphatic rings. The van der Waals surface area contributed by atoms with Crippen molar-refractivity contribution in [1.82, 2.24) is 0 Å². The molecule has 1 aliphatic carbocycles. The third kappa shape index (κ3) is 3.11. The van der Waals surface area contributed by atoms with Gasteiger partial charge in [-0.25, -0.2) is 0 Å². The highest BCUT2D eigenvalue weighted by Crippen LogP contribution is 2.48. The van der Waals surface area contributed by atoms with E-state index in [-0.39, 0.29) is 0 Å². The lowest BCUT2D eigenvalue weighted by molar-refractivity contribution is -0.0187. The second kappa shape index (κ2) is 7.10. The molecule has 1 aromatic carbocycles. The number of allylic oxidation sites excluding steroid dienone is 2. The fourth-order valence-electron chi connectivity index (χ4n) is 2.78. The van der Waals surface area contributed by atoms with E-state index in [0.717, 1.165) is 21.4 Å². The standard InChI is InChI=1S/C18H22Br2O4/c1-17(20)10-11(7-16(23-5)18(17,2)24-6)12-8-14(21-3)15(22-4)9-13(12)19/h7-10H,1-6H3. The Labute approximate surface area is 160 Å². The summed E-state index contributed by atoms with van der Waals surface area (Å²) in [6, 6.07) is 3.84. The quantitative estimate of drug-likeness (QED) is 0.581. The molecular formula is C18H22Br2O4. The Hall–Kier alpha value is -0.980. The fourth-order valence-corrected chi connectivity index (χ4v) is 3.93. The molecule has 0 amide bonds. The van der Waals surface area contributed by atoms with Crippen LogP contribution in [0, 0.1) is 0 Å². The van der Waals surface area contributed by atoms with Gasteiger partial charge >= 0.3 is 0 Å². The minimum Gasteiger partial charge on any atom is -0.498 e. The molecule has 1 aromatic rings. The van der Waals surface area contributed by atoms with Crippen molar-refractivity contribution in [3.05, 3.63) is 40.1 Å². The van der Waals surface area contributed by atoms with Crippen LogP contribution in [0.1, 0.15) is 19.4 Å². The van der Waals surface area contributed by atoms with Gasteiger partial charge in [-0.3, -0.25) is 0 Å². The summed E-state index contributed by atoms with van der Waals surface area (Å²) in [5.74, 6) is 2.08. The lowest BCUT2D eigenvalue weighted by Gasteiger charge is -2.43. The topological polar surface area (TPSA) is 36.9 Å². The molecule has 0 saturated carbocycles. The zero-order valence-corrected chi connectivity index (χ0v) is 17.9. The monoisotopic (exact) mass is 460 g/mol. The summed E-state index contributed by atoms with van der Waals surface area (Å²) in [6.45, 7) is 4.05. The van der Waals surface area contributed by atoms with Crippen LogP contribution >= 0.6 is 31.9 Å². The molecule has 6 heteroatoms. The van der Waals surface area contributed by atoms with E-state index in [1.165, 1.54) is 0 Å². The van der Waals surface area contributed by atoms with Crippen LogP contribution in [-0.4, -0.2) is 38.4 Å². The summed E-state index contributed by atoms with van der Waals surface area (Å²) < 4.78 is 22.6. The molecule has 132 valence electrons. The van der Waals surface area contributed by atoms with E-state index in [4.69, 9.17) is 18.9 Å². The second-order valence-corrected chi connectivity index (χ2v) is 8.31. The van der Waals surface area contributed by atoms with E-state index in [0.29, 0.717) is 11.5 Å². The summed E-state index contributed by atoms with van der Waals surface area (Å²) in [5.41, 5.74) is 1.36. The van der Waals surface area contributed by atoms with E-state index >= 15 is 0 Å². The van der Waals surface area contributed by atoms with Gasteiger partial charge in [0, 0.05) is 11.6 Å². The van der Waals surface area contributed by atoms with Gasteiger partial charge in [0.2, 0.25) is 0 Å². The number of hydrogen-bond acceptors (Lipinski definition) is 4. The Morgan fingerprint density at radius 2 is 1.50 bits per heavy atom. The highest BCUT2D eigenvalue weighted by molar-refractivity contribution is 9.10. The third-order valence-electron chi connectivity index (χ3n) is 4.53. The first-order valence-corrected chi connectivity index (χ1v) is 8.97. The number of methoxy groups -OCH3 is 4. The molecule has 2 unspecified atom stereocenters. The van der Waals surface area contributed by atoms with E-state index in [1.54, 1.807) is 28.4 Å². The maximum atomic E-state index is 5.75. The highest BCUT2D eigenvalue weighted by Gasteiger charge is 2.48. The van der Waals surface area contributed by atoms with Gasteiger partial charge in [0.05, 0.1) is 25.7 Å². The lowest BCUT2D eigenvalue weighted by atomic mass is 9.80. The van der Waals surface area contributed by atoms with E-state index in [2.05, 4.69) is 44.9 Å². The van der Waals surface area contributed by atoms with Crippen molar-refractivity contribution in [2.75, 3.05) is 28.4 Å². The first-order valence-electron chi connectivity index (χ1n) is 7.39. The Balaban J connectivity index is 2.63. The van der Waals surface area contributed by atoms with Crippen LogP contribution in [0.3, 0.4) is 0 Å². The SMILES string of the molecule is COC1=CC(c2cc(OC)c(OC)cc2Br)=CC(C)(Br)C1(C)OC. The molecule has 24 heavy (non-hydrogen) atoms. The Morgan fingerprint density at radius 1 is 0.917 bits per heavy atom. The molecule has 0 fully saturated rings. The largest absolute Gasteiger partial charge is 0.498 e. The number of benzene rings is 1. The number of halogens is 2. The van der Waals surface area contributed by atoms with Crippen LogP contribution in [0.2, 0.25) is 0 Å². The van der Waals surface area contributed by atoms with Crippen molar-refractivity contribution < 1.29 is 18.9 Å². The smallest absolute Gasteiger partial charge is 0.161 e. The minimum absolute atomic E-state index is 0.448. The predicted molar refractivity (Wildman–Crippen MR) is 103 cm³/mol. The second-order valence-electron chi connectivity index (χ2n) is 5.81. The molecule has 0 aromatic heterocycles. The minimum atomic E-state index is -0.617. The van der Waals surface area contributed by atoms with Gasteiger partial charge in [-0.15, -0.1) is 0 Å². The molecule has 0 spiro atoms. The van der Waals surface area contributed by atoms with Crippen molar-refractivity contribution >= 4 is 37.4 Å². The number of hydrogen-bond donors (Lipinski definition) is 0. The normalized spacial score (nSPS) is 26.5. The summed E-state index contributed by atoms with van der Waals surface area (Å²) >= 11 is 7.41. The molecule has 0 heterocycles. The highest BCUT2D eigenvalue weighted by atomic mass is 79.9. The lowest BCUT2D eigenvalue weighted by Crippen LogP contribution is -2.49. The molecule has 2 rings (SSSR count). The van der Waals surface area contributed by atoms with E-state index < -0.39 is 9.93 Å². The van der Waals surface area contributed by atoms with Crippen LogP contribution in [0.4, 0.5) is 0 Å². The van der Waals surface area contributed by atoms with Crippen LogP contribution in [0.25, 0.3) is 5.57 Å². The zero-order valence-electron chi connectivity index (χ0n) is 14.7. The van der Waals surface area contributed by atoms with E-state index in [1.807, 2.05) is 25.1 Å². The van der Waals surface area contributed by atoms with Crippen LogP contribution in [0.15, 0.2) is 34.5 Å². The summed E-state index contributed by atoms with van der Waals surface area (Å²) in [4.78, 5) is 0. The first-order chi connectivity index (χ1) is 11.2. The van der Waals surface area contributed by atoms with Crippen molar-refractivity contribution in [3.63, 3.8) is 0 Å². The van der Waals surface area contributed by atoms with Gasteiger partial charge in [0.1, 0.15) is 11.4 Å². The van der Waals surface area contributed by atoms with Gasteiger partial charge in [0.25, 0.3) is 0 Å². The van der Waals surface area contributed by atoms with Gasteiger partial charge in [-0.1, -0.05) is 37.9 Å².